The van der Waals surface area contributed by atoms with Crippen molar-refractivity contribution in [2.75, 3.05) is 7.11 Å². The van der Waals surface area contributed by atoms with E-state index in [9.17, 15) is 4.79 Å². The maximum atomic E-state index is 11.6. The molecule has 3 rings (SSSR count). The van der Waals surface area contributed by atoms with Gasteiger partial charge in [-0.3, -0.25) is 0 Å². The molecule has 5 heteroatoms. The summed E-state index contributed by atoms with van der Waals surface area (Å²) < 4.78 is 6.34. The second kappa shape index (κ2) is 9.13. The van der Waals surface area contributed by atoms with Crippen molar-refractivity contribution in [2.45, 2.75) is 14.5 Å². The summed E-state index contributed by atoms with van der Waals surface area (Å²) in [5.74, 6) is 0.647. The number of rotatable bonds is 7. The minimum atomic E-state index is -0.300. The molecule has 0 aliphatic carbocycles. The summed E-state index contributed by atoms with van der Waals surface area (Å²) in [7, 11) is 1.40. The smallest absolute Gasteiger partial charge is 0.337 e. The molecule has 3 aromatic rings. The lowest BCUT2D eigenvalue weighted by atomic mass is 10.1. The van der Waals surface area contributed by atoms with Gasteiger partial charge in [0.2, 0.25) is 0 Å². The van der Waals surface area contributed by atoms with E-state index in [0.29, 0.717) is 5.56 Å². The highest BCUT2D eigenvalue weighted by molar-refractivity contribution is 8.16. The number of hydrogen-bond donors (Lipinski definition) is 0. The Balaban J connectivity index is 1.76. The molecule has 25 heavy (non-hydrogen) atoms. The van der Waals surface area contributed by atoms with Crippen LogP contribution in [0.25, 0.3) is 0 Å². The van der Waals surface area contributed by atoms with Crippen molar-refractivity contribution < 1.29 is 9.53 Å². The Kier molecular flexibility index (Phi) is 6.62. The zero-order chi connectivity index (χ0) is 17.5. The molecule has 0 amide bonds. The van der Waals surface area contributed by atoms with Crippen LogP contribution in [0.3, 0.4) is 0 Å². The van der Waals surface area contributed by atoms with Crippen LogP contribution in [0.1, 0.15) is 26.1 Å². The number of hydrogen-bond acceptors (Lipinski definition) is 5. The minimum absolute atomic E-state index is 0.269. The number of methoxy groups -OCH3 is 1. The molecule has 2 nitrogen and oxygen atoms in total. The number of esters is 1. The van der Waals surface area contributed by atoms with Gasteiger partial charge in [0.1, 0.15) is 0 Å². The van der Waals surface area contributed by atoms with Crippen LogP contribution in [0.4, 0.5) is 0 Å². The molecule has 1 aromatic heterocycles. The summed E-state index contributed by atoms with van der Waals surface area (Å²) in [6.07, 6.45) is 0. The van der Waals surface area contributed by atoms with Crippen LogP contribution in [0, 0.1) is 0 Å². The van der Waals surface area contributed by atoms with Crippen LogP contribution in [0.2, 0.25) is 0 Å². The number of benzene rings is 2. The first-order chi connectivity index (χ1) is 12.3. The van der Waals surface area contributed by atoms with E-state index in [0.717, 1.165) is 5.75 Å². The van der Waals surface area contributed by atoms with Gasteiger partial charge in [0.15, 0.2) is 0 Å². The maximum absolute atomic E-state index is 11.6. The van der Waals surface area contributed by atoms with Gasteiger partial charge in [-0.1, -0.05) is 60.3 Å². The highest BCUT2D eigenvalue weighted by Crippen LogP contribution is 2.46. The molecule has 128 valence electrons. The van der Waals surface area contributed by atoms with Crippen molar-refractivity contribution >= 4 is 40.8 Å². The average Bonchev–Trinajstić information content (AvgIpc) is 3.18. The Morgan fingerprint density at radius 1 is 1.04 bits per heavy atom. The molecule has 1 heterocycles. The van der Waals surface area contributed by atoms with Gasteiger partial charge in [-0.05, 0) is 34.7 Å². The van der Waals surface area contributed by atoms with Gasteiger partial charge in [-0.2, -0.15) is 0 Å². The Labute approximate surface area is 160 Å². The molecule has 1 atom stereocenters. The second-order valence-corrected chi connectivity index (χ2v) is 9.04. The fourth-order valence-corrected chi connectivity index (χ4v) is 5.92. The van der Waals surface area contributed by atoms with Crippen molar-refractivity contribution in [1.82, 2.24) is 0 Å². The third-order valence-electron chi connectivity index (χ3n) is 3.57. The molecule has 0 aliphatic rings. The minimum Gasteiger partial charge on any atom is -0.465 e. The van der Waals surface area contributed by atoms with E-state index >= 15 is 0 Å². The average molecular weight is 387 g/mol. The highest BCUT2D eigenvalue weighted by atomic mass is 32.2. The third kappa shape index (κ3) is 5.14. The highest BCUT2D eigenvalue weighted by Gasteiger charge is 2.16. The van der Waals surface area contributed by atoms with Gasteiger partial charge in [0.05, 0.1) is 21.5 Å². The largest absolute Gasteiger partial charge is 0.465 e. The Morgan fingerprint density at radius 2 is 1.80 bits per heavy atom. The van der Waals surface area contributed by atoms with Crippen LogP contribution in [0.5, 0.6) is 0 Å². The standard InChI is InChI=1S/C20H18O2S3/c1-22-19(21)16-9-11-17(12-10-16)20(25-18-8-5-13-23-18)24-14-15-6-3-2-4-7-15/h2-13,20H,14H2,1H3. The number of thiophene rings is 1. The molecule has 0 N–H and O–H groups in total. The molecule has 0 bridgehead atoms. The fourth-order valence-electron chi connectivity index (χ4n) is 2.27. The predicted octanol–water partition coefficient (Wildman–Crippen LogP) is 6.26. The maximum Gasteiger partial charge on any atom is 0.337 e. The number of thioether (sulfide) groups is 2. The van der Waals surface area contributed by atoms with Crippen LogP contribution < -0.4 is 0 Å². The van der Waals surface area contributed by atoms with Crippen LogP contribution in [-0.2, 0) is 10.5 Å². The number of carbonyl (C=O) groups is 1. The SMILES string of the molecule is COC(=O)c1ccc(C(SCc2ccccc2)Sc2cccs2)cc1. The van der Waals surface area contributed by atoms with E-state index in [1.165, 1.54) is 22.4 Å². The quantitative estimate of drug-likeness (QED) is 0.272. The van der Waals surface area contributed by atoms with Gasteiger partial charge in [-0.25, -0.2) is 4.79 Å². The van der Waals surface area contributed by atoms with E-state index in [1.807, 2.05) is 53.9 Å². The van der Waals surface area contributed by atoms with E-state index in [2.05, 4.69) is 41.8 Å². The van der Waals surface area contributed by atoms with Crippen molar-refractivity contribution in [3.05, 3.63) is 88.8 Å². The Hall–Kier alpha value is -1.69. The van der Waals surface area contributed by atoms with Crippen LogP contribution >= 0.6 is 34.9 Å². The lowest BCUT2D eigenvalue weighted by Crippen LogP contribution is -2.01. The van der Waals surface area contributed by atoms with Crippen molar-refractivity contribution in [1.29, 1.82) is 0 Å². The lowest BCUT2D eigenvalue weighted by Gasteiger charge is -2.16. The summed E-state index contributed by atoms with van der Waals surface area (Å²) >= 11 is 5.51. The zero-order valence-electron chi connectivity index (χ0n) is 13.8. The third-order valence-corrected chi connectivity index (χ3v) is 7.43. The summed E-state index contributed by atoms with van der Waals surface area (Å²) in [6, 6.07) is 22.4. The molecule has 0 saturated heterocycles. The van der Waals surface area contributed by atoms with Crippen molar-refractivity contribution in [3.63, 3.8) is 0 Å². The molecular weight excluding hydrogens is 368 g/mol. The first kappa shape index (κ1) is 18.1. The van der Waals surface area contributed by atoms with Gasteiger partial charge in [0, 0.05) is 5.75 Å². The zero-order valence-corrected chi connectivity index (χ0v) is 16.2. The predicted molar refractivity (Wildman–Crippen MR) is 108 cm³/mol. The molecule has 0 fully saturated rings. The topological polar surface area (TPSA) is 26.3 Å². The normalized spacial score (nSPS) is 11.9. The van der Waals surface area contributed by atoms with Gasteiger partial charge in [0.25, 0.3) is 0 Å². The molecule has 1 unspecified atom stereocenters. The van der Waals surface area contributed by atoms with Gasteiger partial charge in [-0.15, -0.1) is 23.1 Å². The number of ether oxygens (including phenoxy) is 1. The summed E-state index contributed by atoms with van der Waals surface area (Å²) in [4.78, 5) is 11.6. The first-order valence-electron chi connectivity index (χ1n) is 7.80. The summed E-state index contributed by atoms with van der Waals surface area (Å²) in [5.41, 5.74) is 3.10. The van der Waals surface area contributed by atoms with Crippen LogP contribution in [-0.4, -0.2) is 13.1 Å². The molecule has 2 aromatic carbocycles. The summed E-state index contributed by atoms with van der Waals surface area (Å²) in [5, 5.41) is 2.10. The van der Waals surface area contributed by atoms with Crippen molar-refractivity contribution in [3.8, 4) is 0 Å². The second-order valence-electron chi connectivity index (χ2n) is 5.29. The van der Waals surface area contributed by atoms with Gasteiger partial charge >= 0.3 is 5.97 Å². The molecule has 0 spiro atoms. The van der Waals surface area contributed by atoms with E-state index in [1.54, 1.807) is 11.3 Å². The Morgan fingerprint density at radius 3 is 2.44 bits per heavy atom. The van der Waals surface area contributed by atoms with E-state index < -0.39 is 0 Å². The van der Waals surface area contributed by atoms with E-state index in [-0.39, 0.29) is 10.6 Å². The fraction of sp³-hybridized carbons (Fsp3) is 0.150. The van der Waals surface area contributed by atoms with Gasteiger partial charge < -0.3 is 4.74 Å². The molecule has 0 radical (unpaired) electrons. The Bertz CT molecular complexity index is 784. The molecule has 0 aliphatic heterocycles. The van der Waals surface area contributed by atoms with Crippen LogP contribution in [0.15, 0.2) is 76.3 Å². The van der Waals surface area contributed by atoms with Crippen molar-refractivity contribution in [2.24, 2.45) is 0 Å². The monoisotopic (exact) mass is 386 g/mol. The molecule has 0 saturated carbocycles. The first-order valence-corrected chi connectivity index (χ1v) is 10.6. The van der Waals surface area contributed by atoms with E-state index in [4.69, 9.17) is 4.74 Å². The molecular formula is C20H18O2S3. The summed E-state index contributed by atoms with van der Waals surface area (Å²) in [6.45, 7) is 0. The lowest BCUT2D eigenvalue weighted by molar-refractivity contribution is 0.0600. The number of carbonyl (C=O) groups excluding carboxylic acids is 1.